The Morgan fingerprint density at radius 2 is 1.67 bits per heavy atom. The molecule has 2 aromatic rings. The summed E-state index contributed by atoms with van der Waals surface area (Å²) in [6, 6.07) is 15.0. The Balaban J connectivity index is 1.88. The van der Waals surface area contributed by atoms with Crippen LogP contribution in [0.3, 0.4) is 0 Å². The summed E-state index contributed by atoms with van der Waals surface area (Å²) >= 11 is 0. The molecule has 0 atom stereocenters. The number of rotatable bonds is 5. The molecule has 0 bridgehead atoms. The van der Waals surface area contributed by atoms with Gasteiger partial charge in [0.1, 0.15) is 0 Å². The standard InChI is InChI=1S/C19H23N3O2/c1-13(2)16-6-8-17(9-7-16)22-19(24)18(23)21-12-15-5-3-4-14(10-15)11-20/h3-10,13H,11-12,20H2,1-2H3,(H,21,23)(H,22,24). The van der Waals surface area contributed by atoms with Gasteiger partial charge in [0, 0.05) is 18.8 Å². The third-order valence-corrected chi connectivity index (χ3v) is 3.72. The summed E-state index contributed by atoms with van der Waals surface area (Å²) in [5, 5.41) is 5.20. The number of anilines is 1. The smallest absolute Gasteiger partial charge is 0.313 e. The van der Waals surface area contributed by atoms with Gasteiger partial charge in [-0.25, -0.2) is 0 Å². The highest BCUT2D eigenvalue weighted by atomic mass is 16.2. The fourth-order valence-electron chi connectivity index (χ4n) is 2.27. The molecule has 0 unspecified atom stereocenters. The first-order valence-corrected chi connectivity index (χ1v) is 7.96. The predicted molar refractivity (Wildman–Crippen MR) is 95.3 cm³/mol. The average Bonchev–Trinajstić information content (AvgIpc) is 2.60. The Bertz CT molecular complexity index is 709. The van der Waals surface area contributed by atoms with Crippen molar-refractivity contribution in [3.05, 3.63) is 65.2 Å². The minimum absolute atomic E-state index is 0.284. The van der Waals surface area contributed by atoms with Gasteiger partial charge in [0.2, 0.25) is 0 Å². The zero-order valence-corrected chi connectivity index (χ0v) is 14.0. The number of hydrogen-bond acceptors (Lipinski definition) is 3. The van der Waals surface area contributed by atoms with Crippen LogP contribution < -0.4 is 16.4 Å². The van der Waals surface area contributed by atoms with Crippen molar-refractivity contribution in [1.82, 2.24) is 5.32 Å². The maximum atomic E-state index is 11.9. The molecule has 0 aromatic heterocycles. The molecule has 4 N–H and O–H groups in total. The van der Waals surface area contributed by atoms with Crippen LogP contribution in [0.4, 0.5) is 5.69 Å². The molecule has 0 saturated heterocycles. The fourth-order valence-corrected chi connectivity index (χ4v) is 2.27. The van der Waals surface area contributed by atoms with Crippen molar-refractivity contribution in [3.63, 3.8) is 0 Å². The number of nitrogens with one attached hydrogen (secondary N) is 2. The molecule has 5 heteroatoms. The Morgan fingerprint density at radius 1 is 1.00 bits per heavy atom. The van der Waals surface area contributed by atoms with E-state index < -0.39 is 11.8 Å². The highest BCUT2D eigenvalue weighted by Gasteiger charge is 2.13. The number of carbonyl (C=O) groups is 2. The summed E-state index contributed by atoms with van der Waals surface area (Å²) < 4.78 is 0. The molecule has 0 spiro atoms. The quantitative estimate of drug-likeness (QED) is 0.739. The molecule has 0 aliphatic heterocycles. The van der Waals surface area contributed by atoms with E-state index >= 15 is 0 Å². The molecule has 0 aliphatic rings. The lowest BCUT2D eigenvalue weighted by molar-refractivity contribution is -0.136. The number of benzene rings is 2. The van der Waals surface area contributed by atoms with Gasteiger partial charge < -0.3 is 16.4 Å². The van der Waals surface area contributed by atoms with Gasteiger partial charge in [0.05, 0.1) is 0 Å². The maximum absolute atomic E-state index is 11.9. The van der Waals surface area contributed by atoms with E-state index in [2.05, 4.69) is 24.5 Å². The molecular weight excluding hydrogens is 302 g/mol. The van der Waals surface area contributed by atoms with Crippen LogP contribution in [0, 0.1) is 0 Å². The maximum Gasteiger partial charge on any atom is 0.313 e. The topological polar surface area (TPSA) is 84.2 Å². The molecule has 0 radical (unpaired) electrons. The van der Waals surface area contributed by atoms with Crippen molar-refractivity contribution in [2.45, 2.75) is 32.9 Å². The molecule has 24 heavy (non-hydrogen) atoms. The van der Waals surface area contributed by atoms with Gasteiger partial charge in [-0.3, -0.25) is 9.59 Å². The minimum Gasteiger partial charge on any atom is -0.344 e. The molecule has 0 heterocycles. The van der Waals surface area contributed by atoms with E-state index in [4.69, 9.17) is 5.73 Å². The third-order valence-electron chi connectivity index (χ3n) is 3.72. The number of hydrogen-bond donors (Lipinski definition) is 3. The second-order valence-electron chi connectivity index (χ2n) is 5.94. The van der Waals surface area contributed by atoms with Crippen LogP contribution in [0.25, 0.3) is 0 Å². The van der Waals surface area contributed by atoms with Crippen LogP contribution in [0.1, 0.15) is 36.5 Å². The predicted octanol–water partition coefficient (Wildman–Crippen LogP) is 2.52. The molecule has 126 valence electrons. The molecule has 0 fully saturated rings. The van der Waals surface area contributed by atoms with Crippen LogP contribution in [-0.2, 0) is 22.7 Å². The first kappa shape index (κ1) is 17.7. The van der Waals surface area contributed by atoms with Gasteiger partial charge >= 0.3 is 11.8 Å². The van der Waals surface area contributed by atoms with Gasteiger partial charge in [-0.2, -0.15) is 0 Å². The minimum atomic E-state index is -0.678. The Kier molecular flexibility index (Phi) is 6.09. The molecule has 2 rings (SSSR count). The Hall–Kier alpha value is -2.66. The van der Waals surface area contributed by atoms with Crippen LogP contribution in [0.2, 0.25) is 0 Å². The summed E-state index contributed by atoms with van der Waals surface area (Å²) in [6.07, 6.45) is 0. The van der Waals surface area contributed by atoms with Gasteiger partial charge in [0.15, 0.2) is 0 Å². The summed E-state index contributed by atoms with van der Waals surface area (Å²) in [4.78, 5) is 23.8. The van der Waals surface area contributed by atoms with E-state index in [1.165, 1.54) is 5.56 Å². The summed E-state index contributed by atoms with van der Waals surface area (Å²) in [7, 11) is 0. The Labute approximate surface area is 142 Å². The monoisotopic (exact) mass is 325 g/mol. The van der Waals surface area contributed by atoms with Crippen molar-refractivity contribution in [2.24, 2.45) is 5.73 Å². The molecule has 0 aliphatic carbocycles. The van der Waals surface area contributed by atoms with Gasteiger partial charge in [-0.1, -0.05) is 50.2 Å². The lowest BCUT2D eigenvalue weighted by Crippen LogP contribution is -2.34. The molecule has 0 saturated carbocycles. The van der Waals surface area contributed by atoms with E-state index in [1.807, 2.05) is 36.4 Å². The first-order valence-electron chi connectivity index (χ1n) is 7.96. The van der Waals surface area contributed by atoms with Crippen molar-refractivity contribution in [3.8, 4) is 0 Å². The van der Waals surface area contributed by atoms with E-state index in [1.54, 1.807) is 12.1 Å². The van der Waals surface area contributed by atoms with Crippen molar-refractivity contribution in [2.75, 3.05) is 5.32 Å². The second kappa shape index (κ2) is 8.26. The van der Waals surface area contributed by atoms with Gasteiger partial charge in [-0.05, 0) is 34.7 Å². The summed E-state index contributed by atoms with van der Waals surface area (Å²) in [5.41, 5.74) is 9.25. The molecular formula is C19H23N3O2. The SMILES string of the molecule is CC(C)c1ccc(NC(=O)C(=O)NCc2cccc(CN)c2)cc1. The molecule has 2 amide bonds. The van der Waals surface area contributed by atoms with Crippen molar-refractivity contribution < 1.29 is 9.59 Å². The van der Waals surface area contributed by atoms with E-state index in [0.717, 1.165) is 11.1 Å². The normalized spacial score (nSPS) is 10.5. The summed E-state index contributed by atoms with van der Waals surface area (Å²) in [6.45, 7) is 4.92. The summed E-state index contributed by atoms with van der Waals surface area (Å²) in [5.74, 6) is -0.925. The number of amides is 2. The third kappa shape index (κ3) is 4.93. The lowest BCUT2D eigenvalue weighted by Gasteiger charge is -2.09. The lowest BCUT2D eigenvalue weighted by atomic mass is 10.0. The highest BCUT2D eigenvalue weighted by Crippen LogP contribution is 2.17. The van der Waals surface area contributed by atoms with E-state index in [-0.39, 0.29) is 6.54 Å². The average molecular weight is 325 g/mol. The van der Waals surface area contributed by atoms with E-state index in [9.17, 15) is 9.59 Å². The van der Waals surface area contributed by atoms with Crippen molar-refractivity contribution >= 4 is 17.5 Å². The van der Waals surface area contributed by atoms with E-state index in [0.29, 0.717) is 18.2 Å². The second-order valence-corrected chi connectivity index (χ2v) is 5.94. The molecule has 5 nitrogen and oxygen atoms in total. The zero-order valence-electron chi connectivity index (χ0n) is 14.0. The number of carbonyl (C=O) groups excluding carboxylic acids is 2. The van der Waals surface area contributed by atoms with Crippen LogP contribution in [0.5, 0.6) is 0 Å². The van der Waals surface area contributed by atoms with Gasteiger partial charge in [-0.15, -0.1) is 0 Å². The zero-order chi connectivity index (χ0) is 17.5. The van der Waals surface area contributed by atoms with Crippen LogP contribution in [-0.4, -0.2) is 11.8 Å². The highest BCUT2D eigenvalue weighted by molar-refractivity contribution is 6.39. The Morgan fingerprint density at radius 3 is 2.29 bits per heavy atom. The fraction of sp³-hybridized carbons (Fsp3) is 0.263. The first-order chi connectivity index (χ1) is 11.5. The largest absolute Gasteiger partial charge is 0.344 e. The van der Waals surface area contributed by atoms with Crippen LogP contribution >= 0.6 is 0 Å². The number of nitrogens with two attached hydrogens (primary N) is 1. The van der Waals surface area contributed by atoms with Crippen LogP contribution in [0.15, 0.2) is 48.5 Å². The van der Waals surface area contributed by atoms with Gasteiger partial charge in [0.25, 0.3) is 0 Å². The van der Waals surface area contributed by atoms with Crippen molar-refractivity contribution in [1.29, 1.82) is 0 Å². The molecule has 2 aromatic carbocycles.